The molecule has 0 spiro atoms. The molecule has 0 aromatic rings. The van der Waals surface area contributed by atoms with E-state index in [2.05, 4.69) is 95.6 Å². The van der Waals surface area contributed by atoms with E-state index in [0.29, 0.717) is 0 Å². The topological polar surface area (TPSA) is 40.5 Å². The van der Waals surface area contributed by atoms with Gasteiger partial charge in [0.05, 0.1) is 0 Å². The highest BCUT2D eigenvalue weighted by Crippen LogP contribution is 2.63. The van der Waals surface area contributed by atoms with Crippen LogP contribution in [-0.4, -0.2) is 12.7 Å². The molecule has 2 N–H and O–H groups in total. The Hall–Kier alpha value is 3.87. The summed E-state index contributed by atoms with van der Waals surface area (Å²) in [5.74, 6) is -3.55. The van der Waals surface area contributed by atoms with E-state index in [1.165, 1.54) is 0 Å². The van der Waals surface area contributed by atoms with Gasteiger partial charge in [0.25, 0.3) is 0 Å². The fourth-order valence-corrected chi connectivity index (χ4v) is 30.3. The SMILES string of the molecule is OP(O)(Cl)=S(C(Br)(Br)Br)C(Br)(Br)Br. The number of halogens is 7. The summed E-state index contributed by atoms with van der Waals surface area (Å²) in [7, 11) is -1.09. The van der Waals surface area contributed by atoms with Crippen molar-refractivity contribution in [3.63, 3.8) is 0 Å². The molecule has 82 valence electrons. The maximum atomic E-state index is 9.41. The first-order valence-electron chi connectivity index (χ1n) is 2.29. The molecule has 0 fully saturated rings. The normalized spacial score (nSPS) is 15.2. The Morgan fingerprint density at radius 2 is 1.15 bits per heavy atom. The molecule has 0 aliphatic heterocycles. The van der Waals surface area contributed by atoms with Crippen molar-refractivity contribution in [2.24, 2.45) is 0 Å². The molecule has 0 aliphatic carbocycles. The molecule has 11 heteroatoms. The number of hydrogen-bond donors (Lipinski definition) is 2. The molecule has 0 atom stereocenters. The first kappa shape index (κ1) is 16.9. The Kier molecular flexibility index (Phi) is 7.36. The van der Waals surface area contributed by atoms with Crippen LogP contribution in [0.3, 0.4) is 0 Å². The minimum absolute atomic E-state index is 0.872. The smallest absolute Gasteiger partial charge is 0.241 e. The van der Waals surface area contributed by atoms with Crippen LogP contribution >= 0.6 is 113 Å². The van der Waals surface area contributed by atoms with Crippen molar-refractivity contribution in [2.75, 3.05) is 0 Å². The van der Waals surface area contributed by atoms with E-state index in [-0.39, 0.29) is 0 Å². The molecule has 0 heterocycles. The summed E-state index contributed by atoms with van der Waals surface area (Å²) in [6.07, 6.45) is 0. The molecule has 0 rings (SSSR count). The third kappa shape index (κ3) is 6.38. The lowest BCUT2D eigenvalue weighted by atomic mass is 11.9. The van der Waals surface area contributed by atoms with E-state index in [9.17, 15) is 9.79 Å². The quantitative estimate of drug-likeness (QED) is 0.288. The van der Waals surface area contributed by atoms with Crippen LogP contribution in [0.2, 0.25) is 0 Å². The van der Waals surface area contributed by atoms with Crippen molar-refractivity contribution in [3.05, 3.63) is 0 Å². The van der Waals surface area contributed by atoms with Crippen LogP contribution < -0.4 is 0 Å². The van der Waals surface area contributed by atoms with Gasteiger partial charge in [0.15, 0.2) is 2.95 Å². The van der Waals surface area contributed by atoms with E-state index in [1.807, 2.05) is 0 Å². The summed E-state index contributed by atoms with van der Waals surface area (Å²) in [5.41, 5.74) is 0. The molecule has 0 aliphatic rings. The van der Waals surface area contributed by atoms with E-state index in [4.69, 9.17) is 11.2 Å². The van der Waals surface area contributed by atoms with Crippen molar-refractivity contribution >= 4 is 123 Å². The van der Waals surface area contributed by atoms with Crippen LogP contribution in [0.1, 0.15) is 0 Å². The Labute approximate surface area is 133 Å². The van der Waals surface area contributed by atoms with E-state index in [1.54, 1.807) is 0 Å². The van der Waals surface area contributed by atoms with Crippen LogP contribution in [0.25, 0.3) is 0 Å². The fourth-order valence-electron chi connectivity index (χ4n) is 0.395. The predicted octanol–water partition coefficient (Wildman–Crippen LogP) is 5.10. The second kappa shape index (κ2) is 5.67. The van der Waals surface area contributed by atoms with E-state index in [0.717, 1.165) is 0 Å². The third-order valence-corrected chi connectivity index (χ3v) is 16.6. The van der Waals surface area contributed by atoms with Crippen LogP contribution in [0.4, 0.5) is 0 Å². The summed E-state index contributed by atoms with van der Waals surface area (Å²) in [5, 5.41) is 0. The number of alkyl halides is 6. The molecule has 0 saturated heterocycles. The summed E-state index contributed by atoms with van der Waals surface area (Å²) in [6.45, 7) is 0. The highest BCUT2D eigenvalue weighted by Gasteiger charge is 2.42. The standard InChI is InChI=1S/C2H2Br6ClO2PS/c3-1(4,5)13(2(6,7)8)12(9,10)11/h10-11H. The lowest BCUT2D eigenvalue weighted by molar-refractivity contribution is 0.500. The highest BCUT2D eigenvalue weighted by atomic mass is 80.0. The van der Waals surface area contributed by atoms with Gasteiger partial charge in [-0.15, -0.1) is 0 Å². The minimum atomic E-state index is -3.55. The van der Waals surface area contributed by atoms with Gasteiger partial charge in [-0.3, -0.25) is 0 Å². The maximum absolute atomic E-state index is 9.41. The number of hydrogen-bond acceptors (Lipinski definition) is 0. The van der Waals surface area contributed by atoms with Gasteiger partial charge in [0, 0.05) is 0 Å². The molecular formula is C2H2Br6ClO2PS. The van der Waals surface area contributed by atoms with Crippen LogP contribution in [0, 0.1) is 0 Å². The molecule has 0 unspecified atom stereocenters. The average molecular weight is 636 g/mol. The third-order valence-electron chi connectivity index (χ3n) is 0.671. The van der Waals surface area contributed by atoms with Crippen molar-refractivity contribution in [2.45, 2.75) is 2.95 Å². The summed E-state index contributed by atoms with van der Waals surface area (Å²) < 4.78 is -1.74. The lowest BCUT2D eigenvalue weighted by Crippen LogP contribution is -2.22. The van der Waals surface area contributed by atoms with Gasteiger partial charge in [-0.05, 0) is 107 Å². The van der Waals surface area contributed by atoms with Gasteiger partial charge < -0.3 is 9.79 Å². The molecule has 13 heavy (non-hydrogen) atoms. The minimum Gasteiger partial charge on any atom is -0.338 e. The second-order valence-corrected chi connectivity index (χ2v) is 25.7. The second-order valence-electron chi connectivity index (χ2n) is 1.65. The van der Waals surface area contributed by atoms with Crippen LogP contribution in [0.5, 0.6) is 0 Å². The van der Waals surface area contributed by atoms with Gasteiger partial charge in [-0.1, -0.05) is 10.1 Å². The van der Waals surface area contributed by atoms with Crippen molar-refractivity contribution in [1.82, 2.24) is 0 Å². The zero-order valence-corrected chi connectivity index (χ0v) is 17.4. The Morgan fingerprint density at radius 1 is 0.923 bits per heavy atom. The molecular weight excluding hydrogens is 634 g/mol. The van der Waals surface area contributed by atoms with Gasteiger partial charge in [0.1, 0.15) is 0 Å². The van der Waals surface area contributed by atoms with Gasteiger partial charge >= 0.3 is 0 Å². The maximum Gasteiger partial charge on any atom is 0.241 e. The van der Waals surface area contributed by atoms with Crippen LogP contribution in [-0.2, 0) is 10.1 Å². The average Bonchev–Trinajstić information content (AvgIpc) is 1.44. The molecule has 0 aromatic carbocycles. The first-order valence-corrected chi connectivity index (χ1v) is 11.5. The zero-order valence-electron chi connectivity index (χ0n) is 5.40. The van der Waals surface area contributed by atoms with Crippen LogP contribution in [0.15, 0.2) is 0 Å². The lowest BCUT2D eigenvalue weighted by Gasteiger charge is -2.29. The largest absolute Gasteiger partial charge is 0.338 e. The van der Waals surface area contributed by atoms with Gasteiger partial charge in [-0.2, -0.15) is 0 Å². The predicted molar refractivity (Wildman–Crippen MR) is 83.6 cm³/mol. The molecule has 0 aromatic heterocycles. The zero-order chi connectivity index (χ0) is 11.1. The molecule has 0 bridgehead atoms. The highest BCUT2D eigenvalue weighted by molar-refractivity contribution is 9.47. The summed E-state index contributed by atoms with van der Waals surface area (Å²) in [6, 6.07) is 0. The van der Waals surface area contributed by atoms with E-state index < -0.39 is 18.9 Å². The molecule has 0 radical (unpaired) electrons. The molecule has 0 amide bonds. The van der Waals surface area contributed by atoms with Gasteiger partial charge in [-0.25, -0.2) is 0 Å². The summed E-state index contributed by atoms with van der Waals surface area (Å²) in [4.78, 5) is 18.8. The van der Waals surface area contributed by atoms with E-state index >= 15 is 0 Å². The fraction of sp³-hybridized carbons (Fsp3) is 1.00. The number of rotatable bonds is 0. The Balaban J connectivity index is 5.56. The van der Waals surface area contributed by atoms with Crippen molar-refractivity contribution in [1.29, 1.82) is 0 Å². The first-order chi connectivity index (χ1) is 5.37. The Bertz CT molecular complexity index is 226. The van der Waals surface area contributed by atoms with Crippen molar-refractivity contribution < 1.29 is 9.79 Å². The molecule has 2 nitrogen and oxygen atoms in total. The van der Waals surface area contributed by atoms with Gasteiger partial charge in [0.2, 0.25) is 5.84 Å². The molecule has 0 saturated carbocycles. The van der Waals surface area contributed by atoms with Crippen molar-refractivity contribution in [3.8, 4) is 0 Å². The summed E-state index contributed by atoms with van der Waals surface area (Å²) >= 11 is 24.7. The monoisotopic (exact) mass is 629 g/mol. The Morgan fingerprint density at radius 3 is 1.15 bits per heavy atom.